The zero-order chi connectivity index (χ0) is 11.4. The first-order valence-electron chi connectivity index (χ1n) is 6.65. The molecule has 0 aliphatic carbocycles. The van der Waals surface area contributed by atoms with Crippen molar-refractivity contribution >= 4 is 0 Å². The molecule has 0 radical (unpaired) electrons. The van der Waals surface area contributed by atoms with Gasteiger partial charge in [-0.15, -0.1) is 0 Å². The molecule has 0 spiro atoms. The molecule has 94 valence electrons. The van der Waals surface area contributed by atoms with E-state index >= 15 is 0 Å². The molecule has 4 unspecified atom stereocenters. The molecule has 2 bridgehead atoms. The summed E-state index contributed by atoms with van der Waals surface area (Å²) < 4.78 is 0. The molecule has 0 aromatic heterocycles. The predicted molar refractivity (Wildman–Crippen MR) is 67.8 cm³/mol. The molecule has 2 rings (SSSR count). The van der Waals surface area contributed by atoms with Crippen molar-refractivity contribution < 1.29 is 0 Å². The molecule has 0 saturated carbocycles. The number of fused-ring (bicyclic) bond motifs is 3. The summed E-state index contributed by atoms with van der Waals surface area (Å²) in [7, 11) is 0. The average Bonchev–Trinajstić information content (AvgIpc) is 2.35. The third-order valence-corrected chi connectivity index (χ3v) is 3.64. The van der Waals surface area contributed by atoms with Crippen LogP contribution >= 0.6 is 0 Å². The van der Waals surface area contributed by atoms with Crippen LogP contribution in [-0.2, 0) is 0 Å². The average molecular weight is 226 g/mol. The molecule has 2 heterocycles. The van der Waals surface area contributed by atoms with Crippen molar-refractivity contribution in [3.63, 3.8) is 0 Å². The lowest BCUT2D eigenvalue weighted by molar-refractivity contribution is 0.225. The topological polar surface area (TPSA) is 30.5 Å². The second kappa shape index (κ2) is 5.96. The van der Waals surface area contributed by atoms with E-state index in [9.17, 15) is 0 Å². The first-order valence-corrected chi connectivity index (χ1v) is 6.65. The van der Waals surface area contributed by atoms with Gasteiger partial charge in [0.15, 0.2) is 0 Å². The SMILES string of the molecule is CC1CN2CCNC(C)CN(CCN1)CC2. The summed E-state index contributed by atoms with van der Waals surface area (Å²) in [5.74, 6) is 0. The molecule has 4 heteroatoms. The van der Waals surface area contributed by atoms with Crippen molar-refractivity contribution in [3.8, 4) is 0 Å². The van der Waals surface area contributed by atoms with Gasteiger partial charge in [-0.3, -0.25) is 9.80 Å². The fourth-order valence-corrected chi connectivity index (χ4v) is 2.71. The Morgan fingerprint density at radius 1 is 0.750 bits per heavy atom. The summed E-state index contributed by atoms with van der Waals surface area (Å²) in [4.78, 5) is 5.17. The Balaban J connectivity index is 2.00. The van der Waals surface area contributed by atoms with Crippen LogP contribution in [0.1, 0.15) is 13.8 Å². The quantitative estimate of drug-likeness (QED) is 0.587. The largest absolute Gasteiger partial charge is 0.312 e. The van der Waals surface area contributed by atoms with Gasteiger partial charge in [0.25, 0.3) is 0 Å². The van der Waals surface area contributed by atoms with Crippen molar-refractivity contribution in [2.75, 3.05) is 52.4 Å². The second-order valence-electron chi connectivity index (χ2n) is 5.31. The lowest BCUT2D eigenvalue weighted by Gasteiger charge is -2.24. The third kappa shape index (κ3) is 3.70. The van der Waals surface area contributed by atoms with Crippen LogP contribution in [0.25, 0.3) is 0 Å². The Labute approximate surface area is 99.4 Å². The Kier molecular flexibility index (Phi) is 4.58. The molecule has 2 aliphatic rings. The van der Waals surface area contributed by atoms with E-state index in [4.69, 9.17) is 0 Å². The molecule has 2 N–H and O–H groups in total. The zero-order valence-corrected chi connectivity index (χ0v) is 10.7. The van der Waals surface area contributed by atoms with Gasteiger partial charge in [-0.25, -0.2) is 0 Å². The monoisotopic (exact) mass is 226 g/mol. The van der Waals surface area contributed by atoms with Crippen LogP contribution in [0.5, 0.6) is 0 Å². The lowest BCUT2D eigenvalue weighted by Crippen LogP contribution is -2.45. The van der Waals surface area contributed by atoms with Crippen LogP contribution in [0, 0.1) is 0 Å². The van der Waals surface area contributed by atoms with Gasteiger partial charge in [0.05, 0.1) is 0 Å². The van der Waals surface area contributed by atoms with E-state index in [0.717, 1.165) is 13.1 Å². The van der Waals surface area contributed by atoms with Crippen LogP contribution in [0.4, 0.5) is 0 Å². The smallest absolute Gasteiger partial charge is 0.0167 e. The van der Waals surface area contributed by atoms with Gasteiger partial charge >= 0.3 is 0 Å². The Hall–Kier alpha value is -0.160. The van der Waals surface area contributed by atoms with E-state index in [2.05, 4.69) is 34.3 Å². The highest BCUT2D eigenvalue weighted by Gasteiger charge is 2.18. The first kappa shape index (κ1) is 12.3. The highest BCUT2D eigenvalue weighted by molar-refractivity contribution is 4.78. The van der Waals surface area contributed by atoms with Gasteiger partial charge < -0.3 is 10.6 Å². The minimum absolute atomic E-state index is 0.622. The number of nitrogens with zero attached hydrogens (tertiary/aromatic N) is 2. The Bertz CT molecular complexity index is 187. The zero-order valence-electron chi connectivity index (χ0n) is 10.7. The van der Waals surface area contributed by atoms with Gasteiger partial charge in [0, 0.05) is 64.4 Å². The maximum atomic E-state index is 3.61. The number of rotatable bonds is 0. The number of hydrogen-bond acceptors (Lipinski definition) is 4. The molecule has 4 nitrogen and oxygen atoms in total. The Morgan fingerprint density at radius 3 is 1.62 bits per heavy atom. The highest BCUT2D eigenvalue weighted by Crippen LogP contribution is 2.01. The van der Waals surface area contributed by atoms with E-state index in [1.807, 2.05) is 0 Å². The Morgan fingerprint density at radius 2 is 1.19 bits per heavy atom. The normalized spacial score (nSPS) is 42.4. The van der Waals surface area contributed by atoms with Crippen molar-refractivity contribution in [2.45, 2.75) is 25.9 Å². The first-order chi connectivity index (χ1) is 7.74. The number of hydrogen-bond donors (Lipinski definition) is 2. The molecule has 16 heavy (non-hydrogen) atoms. The second-order valence-corrected chi connectivity index (χ2v) is 5.31. The molecule has 2 saturated heterocycles. The summed E-state index contributed by atoms with van der Waals surface area (Å²) >= 11 is 0. The fraction of sp³-hybridized carbons (Fsp3) is 1.00. The third-order valence-electron chi connectivity index (χ3n) is 3.64. The molecule has 2 fully saturated rings. The minimum atomic E-state index is 0.622. The summed E-state index contributed by atoms with van der Waals surface area (Å²) in [5, 5.41) is 7.22. The van der Waals surface area contributed by atoms with Gasteiger partial charge in [-0.1, -0.05) is 0 Å². The van der Waals surface area contributed by atoms with E-state index in [-0.39, 0.29) is 0 Å². The van der Waals surface area contributed by atoms with E-state index in [1.165, 1.54) is 39.3 Å². The highest BCUT2D eigenvalue weighted by atomic mass is 15.3. The summed E-state index contributed by atoms with van der Waals surface area (Å²) in [6.07, 6.45) is 0. The van der Waals surface area contributed by atoms with Crippen molar-refractivity contribution in [1.29, 1.82) is 0 Å². The molecule has 0 aromatic carbocycles. The summed E-state index contributed by atoms with van der Waals surface area (Å²) in [6.45, 7) is 14.0. The van der Waals surface area contributed by atoms with Crippen molar-refractivity contribution in [2.24, 2.45) is 0 Å². The summed E-state index contributed by atoms with van der Waals surface area (Å²) in [5.41, 5.74) is 0. The maximum absolute atomic E-state index is 3.61. The van der Waals surface area contributed by atoms with E-state index in [0.29, 0.717) is 12.1 Å². The molecular formula is C12H26N4. The minimum Gasteiger partial charge on any atom is -0.312 e. The standard InChI is InChI=1S/C12H26N4/c1-11-9-15-6-4-14-12(2)10-16(8-7-15)5-3-13-11/h11-14H,3-10H2,1-2H3. The van der Waals surface area contributed by atoms with Crippen LogP contribution < -0.4 is 10.6 Å². The molecular weight excluding hydrogens is 200 g/mol. The van der Waals surface area contributed by atoms with E-state index < -0.39 is 0 Å². The van der Waals surface area contributed by atoms with E-state index in [1.54, 1.807) is 0 Å². The van der Waals surface area contributed by atoms with Crippen molar-refractivity contribution in [3.05, 3.63) is 0 Å². The van der Waals surface area contributed by atoms with Gasteiger partial charge in [0.1, 0.15) is 0 Å². The molecule has 2 aliphatic heterocycles. The lowest BCUT2D eigenvalue weighted by atomic mass is 10.3. The van der Waals surface area contributed by atoms with Crippen LogP contribution in [0.2, 0.25) is 0 Å². The molecule has 0 amide bonds. The molecule has 4 atom stereocenters. The van der Waals surface area contributed by atoms with Gasteiger partial charge in [0.2, 0.25) is 0 Å². The van der Waals surface area contributed by atoms with Crippen LogP contribution in [-0.4, -0.2) is 74.2 Å². The summed E-state index contributed by atoms with van der Waals surface area (Å²) in [6, 6.07) is 1.24. The predicted octanol–water partition coefficient (Wildman–Crippen LogP) is -0.426. The number of nitrogens with one attached hydrogen (secondary N) is 2. The van der Waals surface area contributed by atoms with Crippen molar-refractivity contribution in [1.82, 2.24) is 20.4 Å². The van der Waals surface area contributed by atoms with Gasteiger partial charge in [-0.05, 0) is 13.8 Å². The fourth-order valence-electron chi connectivity index (χ4n) is 2.71. The van der Waals surface area contributed by atoms with Crippen LogP contribution in [0.3, 0.4) is 0 Å². The van der Waals surface area contributed by atoms with Crippen LogP contribution in [0.15, 0.2) is 0 Å². The maximum Gasteiger partial charge on any atom is 0.0167 e. The molecule has 0 aromatic rings. The van der Waals surface area contributed by atoms with Gasteiger partial charge in [-0.2, -0.15) is 0 Å².